The Bertz CT molecular complexity index is 1090. The van der Waals surface area contributed by atoms with Crippen molar-refractivity contribution >= 4 is 29.4 Å². The third-order valence-corrected chi connectivity index (χ3v) is 6.71. The fourth-order valence-corrected chi connectivity index (χ4v) is 4.74. The highest BCUT2D eigenvalue weighted by molar-refractivity contribution is 7.99. The number of hydrogen-bond donors (Lipinski definition) is 1. The van der Waals surface area contributed by atoms with E-state index in [-0.39, 0.29) is 12.0 Å². The minimum atomic E-state index is -0.335. The van der Waals surface area contributed by atoms with E-state index in [1.165, 1.54) is 31.7 Å². The standard InChI is InChI=1S/C30H36N2O3S/c1-3-4-5-6-10-22-32(30(34)31-21-20-25-12-8-7-9-13-25)26-16-18-28(19-17-26)36-29-15-11-14-27(23-29)35-24(2)33/h7-9,11-19,23H,3-6,10,20-22H2,1-2H3,(H,31,34). The van der Waals surface area contributed by atoms with E-state index in [4.69, 9.17) is 4.74 Å². The number of urea groups is 1. The summed E-state index contributed by atoms with van der Waals surface area (Å²) in [7, 11) is 0. The van der Waals surface area contributed by atoms with Crippen molar-refractivity contribution in [3.05, 3.63) is 84.4 Å². The first-order valence-corrected chi connectivity index (χ1v) is 13.5. The monoisotopic (exact) mass is 504 g/mol. The molecule has 2 amide bonds. The average molecular weight is 505 g/mol. The van der Waals surface area contributed by atoms with Crippen LogP contribution >= 0.6 is 11.8 Å². The number of benzene rings is 3. The van der Waals surface area contributed by atoms with Gasteiger partial charge < -0.3 is 10.1 Å². The third kappa shape index (κ3) is 9.42. The van der Waals surface area contributed by atoms with Gasteiger partial charge in [-0.05, 0) is 60.9 Å². The van der Waals surface area contributed by atoms with Crippen LogP contribution in [0.15, 0.2) is 88.7 Å². The van der Waals surface area contributed by atoms with Crippen LogP contribution in [-0.4, -0.2) is 25.1 Å². The Balaban J connectivity index is 1.63. The molecule has 3 rings (SSSR count). The second-order valence-corrected chi connectivity index (χ2v) is 9.84. The first-order chi connectivity index (χ1) is 17.5. The molecule has 0 aliphatic carbocycles. The second-order valence-electron chi connectivity index (χ2n) is 8.70. The van der Waals surface area contributed by atoms with Gasteiger partial charge in [-0.15, -0.1) is 0 Å². The van der Waals surface area contributed by atoms with E-state index in [9.17, 15) is 9.59 Å². The maximum absolute atomic E-state index is 13.1. The molecular weight excluding hydrogens is 468 g/mol. The average Bonchev–Trinajstić information content (AvgIpc) is 2.87. The van der Waals surface area contributed by atoms with Crippen LogP contribution in [0.1, 0.15) is 51.5 Å². The van der Waals surface area contributed by atoms with Gasteiger partial charge in [0.15, 0.2) is 0 Å². The molecule has 0 radical (unpaired) electrons. The van der Waals surface area contributed by atoms with Crippen molar-refractivity contribution in [2.75, 3.05) is 18.0 Å². The number of carbonyl (C=O) groups is 2. The predicted molar refractivity (Wildman–Crippen MR) is 148 cm³/mol. The Kier molecular flexibility index (Phi) is 11.4. The number of rotatable bonds is 13. The van der Waals surface area contributed by atoms with Gasteiger partial charge >= 0.3 is 12.0 Å². The van der Waals surface area contributed by atoms with Crippen molar-refractivity contribution in [2.24, 2.45) is 0 Å². The highest BCUT2D eigenvalue weighted by Crippen LogP contribution is 2.31. The lowest BCUT2D eigenvalue weighted by Crippen LogP contribution is -2.41. The number of hydrogen-bond acceptors (Lipinski definition) is 4. The fourth-order valence-electron chi connectivity index (χ4n) is 3.87. The van der Waals surface area contributed by atoms with Crippen LogP contribution < -0.4 is 15.0 Å². The van der Waals surface area contributed by atoms with Crippen LogP contribution in [0.25, 0.3) is 0 Å². The van der Waals surface area contributed by atoms with Gasteiger partial charge in [0.05, 0.1) is 0 Å². The highest BCUT2D eigenvalue weighted by Gasteiger charge is 2.15. The smallest absolute Gasteiger partial charge is 0.321 e. The number of ether oxygens (including phenoxy) is 1. The molecule has 0 saturated heterocycles. The molecule has 0 heterocycles. The number of carbonyl (C=O) groups excluding carboxylic acids is 2. The lowest BCUT2D eigenvalue weighted by atomic mass is 10.1. The van der Waals surface area contributed by atoms with Gasteiger partial charge in [-0.2, -0.15) is 0 Å². The third-order valence-electron chi connectivity index (χ3n) is 5.71. The van der Waals surface area contributed by atoms with E-state index in [0.717, 1.165) is 34.7 Å². The van der Waals surface area contributed by atoms with Crippen molar-refractivity contribution < 1.29 is 14.3 Å². The minimum Gasteiger partial charge on any atom is -0.427 e. The molecule has 0 aliphatic heterocycles. The largest absolute Gasteiger partial charge is 0.427 e. The van der Waals surface area contributed by atoms with Crippen LogP contribution in [-0.2, 0) is 11.2 Å². The Hall–Kier alpha value is -3.25. The molecule has 0 unspecified atom stereocenters. The zero-order chi connectivity index (χ0) is 25.6. The zero-order valence-corrected chi connectivity index (χ0v) is 22.1. The summed E-state index contributed by atoms with van der Waals surface area (Å²) < 4.78 is 5.19. The molecule has 0 aromatic heterocycles. The summed E-state index contributed by atoms with van der Waals surface area (Å²) in [6.45, 7) is 4.89. The van der Waals surface area contributed by atoms with Crippen LogP contribution in [0, 0.1) is 0 Å². The molecule has 0 fully saturated rings. The van der Waals surface area contributed by atoms with Gasteiger partial charge in [-0.25, -0.2) is 4.79 Å². The summed E-state index contributed by atoms with van der Waals surface area (Å²) in [4.78, 5) is 28.2. The molecule has 5 nitrogen and oxygen atoms in total. The summed E-state index contributed by atoms with van der Waals surface area (Å²) in [5.41, 5.74) is 2.10. The van der Waals surface area contributed by atoms with Gasteiger partial charge in [0, 0.05) is 35.5 Å². The maximum Gasteiger partial charge on any atom is 0.321 e. The van der Waals surface area contributed by atoms with E-state index >= 15 is 0 Å². The first kappa shape index (κ1) is 27.3. The van der Waals surface area contributed by atoms with Gasteiger partial charge in [-0.3, -0.25) is 9.69 Å². The van der Waals surface area contributed by atoms with E-state index in [1.54, 1.807) is 17.8 Å². The molecule has 0 saturated carbocycles. The van der Waals surface area contributed by atoms with Crippen LogP contribution in [0.5, 0.6) is 5.75 Å². The minimum absolute atomic E-state index is 0.0593. The normalized spacial score (nSPS) is 10.6. The Morgan fingerprint density at radius 1 is 0.861 bits per heavy atom. The number of nitrogens with one attached hydrogen (secondary N) is 1. The Morgan fingerprint density at radius 2 is 1.61 bits per heavy atom. The second kappa shape index (κ2) is 15.0. The molecule has 190 valence electrons. The molecule has 0 bridgehead atoms. The van der Waals surface area contributed by atoms with Gasteiger partial charge in [0.2, 0.25) is 0 Å². The molecule has 0 atom stereocenters. The van der Waals surface area contributed by atoms with E-state index in [0.29, 0.717) is 18.8 Å². The Morgan fingerprint density at radius 3 is 2.33 bits per heavy atom. The quantitative estimate of drug-likeness (QED) is 0.149. The van der Waals surface area contributed by atoms with Crippen LogP contribution in [0.3, 0.4) is 0 Å². The van der Waals surface area contributed by atoms with Crippen molar-refractivity contribution in [1.82, 2.24) is 5.32 Å². The van der Waals surface area contributed by atoms with Gasteiger partial charge in [-0.1, -0.05) is 80.8 Å². The molecule has 3 aromatic carbocycles. The van der Waals surface area contributed by atoms with Crippen molar-refractivity contribution in [2.45, 2.75) is 62.2 Å². The number of amides is 2. The molecule has 6 heteroatoms. The zero-order valence-electron chi connectivity index (χ0n) is 21.2. The summed E-state index contributed by atoms with van der Waals surface area (Å²) in [5.74, 6) is 0.198. The van der Waals surface area contributed by atoms with Crippen molar-refractivity contribution in [3.63, 3.8) is 0 Å². The lowest BCUT2D eigenvalue weighted by Gasteiger charge is -2.24. The molecule has 36 heavy (non-hydrogen) atoms. The van der Waals surface area contributed by atoms with E-state index in [2.05, 4.69) is 24.4 Å². The number of unbranched alkanes of at least 4 members (excludes halogenated alkanes) is 4. The molecule has 1 N–H and O–H groups in total. The van der Waals surface area contributed by atoms with Crippen LogP contribution in [0.4, 0.5) is 10.5 Å². The highest BCUT2D eigenvalue weighted by atomic mass is 32.2. The first-order valence-electron chi connectivity index (χ1n) is 12.7. The fraction of sp³-hybridized carbons (Fsp3) is 0.333. The lowest BCUT2D eigenvalue weighted by molar-refractivity contribution is -0.131. The van der Waals surface area contributed by atoms with Gasteiger partial charge in [0.1, 0.15) is 5.75 Å². The predicted octanol–water partition coefficient (Wildman–Crippen LogP) is 7.49. The maximum atomic E-state index is 13.1. The molecule has 0 spiro atoms. The Labute approximate surface area is 219 Å². The van der Waals surface area contributed by atoms with Crippen LogP contribution in [0.2, 0.25) is 0 Å². The number of anilines is 1. The van der Waals surface area contributed by atoms with E-state index < -0.39 is 0 Å². The molecule has 3 aromatic rings. The van der Waals surface area contributed by atoms with Crippen molar-refractivity contribution in [1.29, 1.82) is 0 Å². The summed E-state index contributed by atoms with van der Waals surface area (Å²) in [5, 5.41) is 3.10. The summed E-state index contributed by atoms with van der Waals surface area (Å²) >= 11 is 1.59. The number of nitrogens with zero attached hydrogens (tertiary/aromatic N) is 1. The van der Waals surface area contributed by atoms with Gasteiger partial charge in [0.25, 0.3) is 0 Å². The SMILES string of the molecule is CCCCCCCN(C(=O)NCCc1ccccc1)c1ccc(Sc2cccc(OC(C)=O)c2)cc1. The van der Waals surface area contributed by atoms with Crippen molar-refractivity contribution in [3.8, 4) is 5.75 Å². The summed E-state index contributed by atoms with van der Waals surface area (Å²) in [6, 6.07) is 25.7. The number of esters is 1. The molecule has 0 aliphatic rings. The summed E-state index contributed by atoms with van der Waals surface area (Å²) in [6.07, 6.45) is 6.53. The van der Waals surface area contributed by atoms with E-state index in [1.807, 2.05) is 65.6 Å². The topological polar surface area (TPSA) is 58.6 Å². The molecular formula is C30H36N2O3S.